The Morgan fingerprint density at radius 1 is 1.22 bits per heavy atom. The maximum Gasteiger partial charge on any atom is 0.183 e. The topological polar surface area (TPSA) is 55.7 Å². The zero-order valence-electron chi connectivity index (χ0n) is 10.7. The number of rotatable bonds is 3. The molecule has 0 saturated carbocycles. The summed E-state index contributed by atoms with van der Waals surface area (Å²) in [6, 6.07) is 6.88. The summed E-state index contributed by atoms with van der Waals surface area (Å²) in [6.45, 7) is 3.48. The number of ketones is 2. The number of fused-ring (bicyclic) bond motifs is 1. The van der Waals surface area contributed by atoms with Crippen molar-refractivity contribution >= 4 is 17.3 Å². The van der Waals surface area contributed by atoms with Crippen LogP contribution < -0.4 is 0 Å². The number of carbonyl (C=O) groups excluding carboxylic acids is 2. The highest BCUT2D eigenvalue weighted by molar-refractivity contribution is 6.39. The first-order valence-corrected chi connectivity index (χ1v) is 5.86. The molecule has 0 heterocycles. The summed E-state index contributed by atoms with van der Waals surface area (Å²) in [5.41, 5.74) is 0.203. The van der Waals surface area contributed by atoms with Crippen molar-refractivity contribution in [2.24, 2.45) is 10.6 Å². The second kappa shape index (κ2) is 4.37. The predicted octanol–water partition coefficient (Wildman–Crippen LogP) is 2.48. The largest absolute Gasteiger partial charge is 0.399 e. The van der Waals surface area contributed by atoms with E-state index in [2.05, 4.69) is 5.16 Å². The Bertz CT molecular complexity index is 511. The van der Waals surface area contributed by atoms with E-state index in [4.69, 9.17) is 4.84 Å². The lowest BCUT2D eigenvalue weighted by atomic mass is 9.79. The molecule has 4 nitrogen and oxygen atoms in total. The first-order valence-electron chi connectivity index (χ1n) is 5.86. The van der Waals surface area contributed by atoms with Crippen molar-refractivity contribution < 1.29 is 14.4 Å². The van der Waals surface area contributed by atoms with Crippen LogP contribution in [0, 0.1) is 5.41 Å². The Hall–Kier alpha value is -1.97. The predicted molar refractivity (Wildman–Crippen MR) is 67.9 cm³/mol. The third kappa shape index (κ3) is 1.49. The number of hydrogen-bond acceptors (Lipinski definition) is 4. The molecule has 0 spiro atoms. The fourth-order valence-electron chi connectivity index (χ4n) is 2.40. The molecule has 0 fully saturated rings. The monoisotopic (exact) mass is 245 g/mol. The molecule has 94 valence electrons. The molecule has 4 heteroatoms. The van der Waals surface area contributed by atoms with E-state index in [9.17, 15) is 9.59 Å². The molecule has 1 aromatic carbocycles. The van der Waals surface area contributed by atoms with Crippen molar-refractivity contribution in [2.75, 3.05) is 7.11 Å². The van der Waals surface area contributed by atoms with Gasteiger partial charge < -0.3 is 4.84 Å². The van der Waals surface area contributed by atoms with E-state index < -0.39 is 5.41 Å². The summed E-state index contributed by atoms with van der Waals surface area (Å²) in [7, 11) is 1.41. The molecule has 0 bridgehead atoms. The van der Waals surface area contributed by atoms with Gasteiger partial charge >= 0.3 is 0 Å². The van der Waals surface area contributed by atoms with Gasteiger partial charge in [-0.3, -0.25) is 9.59 Å². The summed E-state index contributed by atoms with van der Waals surface area (Å²) >= 11 is 0. The fraction of sp³-hybridized carbons (Fsp3) is 0.357. The van der Waals surface area contributed by atoms with Gasteiger partial charge in [0.1, 0.15) is 12.5 Å². The molecule has 1 aromatic rings. The van der Waals surface area contributed by atoms with Gasteiger partial charge in [-0.15, -0.1) is 0 Å². The van der Waals surface area contributed by atoms with Crippen molar-refractivity contribution in [3.63, 3.8) is 0 Å². The maximum atomic E-state index is 12.4. The van der Waals surface area contributed by atoms with Crippen LogP contribution in [0.1, 0.15) is 41.0 Å². The Labute approximate surface area is 106 Å². The van der Waals surface area contributed by atoms with Crippen molar-refractivity contribution in [3.8, 4) is 0 Å². The molecule has 0 saturated heterocycles. The lowest BCUT2D eigenvalue weighted by molar-refractivity contribution is 0.0792. The molecular formula is C14H15NO3. The Morgan fingerprint density at radius 2 is 1.72 bits per heavy atom. The number of oxime groups is 1. The molecule has 0 N–H and O–H groups in total. The Balaban J connectivity index is 2.59. The minimum absolute atomic E-state index is 0.194. The highest BCUT2D eigenvalue weighted by Gasteiger charge is 2.52. The van der Waals surface area contributed by atoms with Crippen LogP contribution in [0.2, 0.25) is 0 Å². The molecule has 1 aliphatic carbocycles. The second-order valence-electron chi connectivity index (χ2n) is 4.40. The Morgan fingerprint density at radius 3 is 2.11 bits per heavy atom. The molecule has 0 aromatic heterocycles. The Kier molecular flexibility index (Phi) is 3.03. The van der Waals surface area contributed by atoms with Crippen LogP contribution in [0.5, 0.6) is 0 Å². The highest BCUT2D eigenvalue weighted by Crippen LogP contribution is 2.38. The van der Waals surface area contributed by atoms with Crippen LogP contribution in [0.15, 0.2) is 29.4 Å². The van der Waals surface area contributed by atoms with Crippen LogP contribution in [0.4, 0.5) is 0 Å². The summed E-state index contributed by atoms with van der Waals surface area (Å²) in [4.78, 5) is 29.6. The first kappa shape index (κ1) is 12.5. The maximum absolute atomic E-state index is 12.4. The summed E-state index contributed by atoms with van der Waals surface area (Å²) in [5, 5.41) is 3.86. The van der Waals surface area contributed by atoms with Gasteiger partial charge in [-0.1, -0.05) is 36.3 Å². The molecule has 2 rings (SSSR count). The molecule has 0 aliphatic heterocycles. The number of Topliss-reactive ketones (excluding diaryl/α,β-unsaturated/α-hetero) is 2. The molecule has 18 heavy (non-hydrogen) atoms. The van der Waals surface area contributed by atoms with Gasteiger partial charge in [-0.25, -0.2) is 0 Å². The van der Waals surface area contributed by atoms with Crippen LogP contribution >= 0.6 is 0 Å². The average molecular weight is 245 g/mol. The van der Waals surface area contributed by atoms with Crippen LogP contribution in [-0.2, 0) is 4.84 Å². The van der Waals surface area contributed by atoms with Crippen LogP contribution in [-0.4, -0.2) is 24.4 Å². The van der Waals surface area contributed by atoms with Gasteiger partial charge in [0.25, 0.3) is 0 Å². The van der Waals surface area contributed by atoms with E-state index in [1.807, 2.05) is 6.92 Å². The van der Waals surface area contributed by atoms with Crippen molar-refractivity contribution in [1.82, 2.24) is 0 Å². The average Bonchev–Trinajstić information content (AvgIpc) is 2.60. The van der Waals surface area contributed by atoms with Crippen LogP contribution in [0.25, 0.3) is 0 Å². The number of hydrogen-bond donors (Lipinski definition) is 0. The van der Waals surface area contributed by atoms with Crippen molar-refractivity contribution in [3.05, 3.63) is 35.4 Å². The second-order valence-corrected chi connectivity index (χ2v) is 4.40. The quantitative estimate of drug-likeness (QED) is 0.467. The minimum atomic E-state index is -1.21. The number of carbonyl (C=O) groups is 2. The third-order valence-corrected chi connectivity index (χ3v) is 3.44. The molecular weight excluding hydrogens is 230 g/mol. The fourth-order valence-corrected chi connectivity index (χ4v) is 2.40. The van der Waals surface area contributed by atoms with E-state index in [-0.39, 0.29) is 11.6 Å². The van der Waals surface area contributed by atoms with Crippen molar-refractivity contribution in [2.45, 2.75) is 20.3 Å². The van der Waals surface area contributed by atoms with Gasteiger partial charge in [0, 0.05) is 11.1 Å². The van der Waals surface area contributed by atoms with Gasteiger partial charge in [0.2, 0.25) is 0 Å². The van der Waals surface area contributed by atoms with Gasteiger partial charge in [-0.2, -0.15) is 0 Å². The smallest absolute Gasteiger partial charge is 0.183 e. The normalized spacial score (nSPS) is 17.8. The lowest BCUT2D eigenvalue weighted by Crippen LogP contribution is -2.38. The minimum Gasteiger partial charge on any atom is -0.399 e. The number of nitrogens with zero attached hydrogens (tertiary/aromatic N) is 1. The third-order valence-electron chi connectivity index (χ3n) is 3.44. The van der Waals surface area contributed by atoms with E-state index in [0.717, 1.165) is 0 Å². The number of benzene rings is 1. The van der Waals surface area contributed by atoms with Gasteiger partial charge in [0.15, 0.2) is 11.6 Å². The van der Waals surface area contributed by atoms with E-state index in [1.54, 1.807) is 31.2 Å². The standard InChI is InChI=1S/C14H15NO3/c1-4-11(15-18-3)14(2)12(16)9-7-5-6-8-10(9)13(14)17/h5-8H,4H2,1-3H3/b15-11+. The first-order chi connectivity index (χ1) is 8.57. The lowest BCUT2D eigenvalue weighted by Gasteiger charge is -2.21. The molecule has 1 aliphatic rings. The summed E-state index contributed by atoms with van der Waals surface area (Å²) in [6.07, 6.45) is 0.496. The van der Waals surface area contributed by atoms with Gasteiger partial charge in [0.05, 0.1) is 5.71 Å². The zero-order valence-corrected chi connectivity index (χ0v) is 10.7. The molecule has 0 radical (unpaired) electrons. The van der Waals surface area contributed by atoms with Gasteiger partial charge in [-0.05, 0) is 13.3 Å². The van der Waals surface area contributed by atoms with E-state index >= 15 is 0 Å². The zero-order chi connectivity index (χ0) is 13.3. The summed E-state index contributed by atoms with van der Waals surface area (Å²) in [5.74, 6) is -0.387. The van der Waals surface area contributed by atoms with Crippen LogP contribution in [0.3, 0.4) is 0 Å². The van der Waals surface area contributed by atoms with E-state index in [0.29, 0.717) is 23.3 Å². The SMILES string of the molecule is CC/C(=N\OC)C1(C)C(=O)c2ccccc2C1=O. The molecule has 0 unspecified atom stereocenters. The highest BCUT2D eigenvalue weighted by atomic mass is 16.6. The summed E-state index contributed by atoms with van der Waals surface area (Å²) < 4.78 is 0. The van der Waals surface area contributed by atoms with E-state index in [1.165, 1.54) is 7.11 Å². The van der Waals surface area contributed by atoms with Crippen molar-refractivity contribution in [1.29, 1.82) is 0 Å². The molecule has 0 atom stereocenters. The molecule has 0 amide bonds.